The molecule has 1 aliphatic carbocycles. The van der Waals surface area contributed by atoms with Gasteiger partial charge in [0.05, 0.1) is 21.4 Å². The van der Waals surface area contributed by atoms with Gasteiger partial charge in [-0.05, 0) is 43.4 Å². The van der Waals surface area contributed by atoms with Crippen LogP contribution in [-0.4, -0.2) is 14.9 Å². The van der Waals surface area contributed by atoms with Gasteiger partial charge in [0.25, 0.3) is 11.2 Å². The number of benzene rings is 1. The van der Waals surface area contributed by atoms with Gasteiger partial charge in [-0.2, -0.15) is 5.26 Å². The minimum Gasteiger partial charge on any atom is -0.305 e. The highest BCUT2D eigenvalue weighted by atomic mass is 32.1. The largest absolute Gasteiger partial charge is 0.305 e. The summed E-state index contributed by atoms with van der Waals surface area (Å²) < 4.78 is 0. The van der Waals surface area contributed by atoms with Crippen LogP contribution in [0.25, 0.3) is 21.9 Å². The summed E-state index contributed by atoms with van der Waals surface area (Å²) in [6.07, 6.45) is 5.36. The highest BCUT2D eigenvalue weighted by Gasteiger charge is 2.21. The lowest BCUT2D eigenvalue weighted by molar-refractivity contribution is -0.385. The Morgan fingerprint density at radius 3 is 2.89 bits per heavy atom. The maximum Gasteiger partial charge on any atom is 0.276 e. The van der Waals surface area contributed by atoms with Crippen LogP contribution < -0.4 is 5.56 Å². The molecule has 0 fully saturated rings. The van der Waals surface area contributed by atoms with E-state index in [0.717, 1.165) is 31.2 Å². The molecule has 0 saturated carbocycles. The monoisotopic (exact) mass is 378 g/mol. The lowest BCUT2D eigenvalue weighted by Gasteiger charge is -2.09. The van der Waals surface area contributed by atoms with Crippen molar-refractivity contribution in [3.05, 3.63) is 66.6 Å². The molecule has 2 heterocycles. The number of H-pyrrole nitrogens is 1. The minimum absolute atomic E-state index is 0.0784. The van der Waals surface area contributed by atoms with Crippen molar-refractivity contribution in [3.8, 4) is 6.07 Å². The number of hydrogen-bond donors (Lipinski definition) is 1. The molecule has 0 aliphatic heterocycles. The van der Waals surface area contributed by atoms with Gasteiger partial charge < -0.3 is 4.98 Å². The fourth-order valence-corrected chi connectivity index (χ4v) is 4.64. The third kappa shape index (κ3) is 3.02. The third-order valence-electron chi connectivity index (χ3n) is 4.63. The zero-order chi connectivity index (χ0) is 19.0. The normalized spacial score (nSPS) is 14.0. The van der Waals surface area contributed by atoms with E-state index in [4.69, 9.17) is 0 Å². The molecule has 3 aromatic rings. The maximum absolute atomic E-state index is 12.6. The molecule has 0 bridgehead atoms. The van der Waals surface area contributed by atoms with Crippen LogP contribution in [0.2, 0.25) is 0 Å². The van der Waals surface area contributed by atoms with E-state index in [9.17, 15) is 20.2 Å². The molecular formula is C19H14N4O3S. The van der Waals surface area contributed by atoms with Crippen LogP contribution in [-0.2, 0) is 12.8 Å². The molecule has 2 aromatic heterocycles. The van der Waals surface area contributed by atoms with Crippen LogP contribution in [0.1, 0.15) is 34.7 Å². The van der Waals surface area contributed by atoms with E-state index in [2.05, 4.69) is 9.97 Å². The average molecular weight is 378 g/mol. The predicted octanol–water partition coefficient (Wildman–Crippen LogP) is 3.84. The molecule has 0 atom stereocenters. The highest BCUT2D eigenvalue weighted by Crippen LogP contribution is 2.34. The van der Waals surface area contributed by atoms with E-state index in [1.807, 2.05) is 6.07 Å². The number of fused-ring (bicyclic) bond motifs is 3. The van der Waals surface area contributed by atoms with Gasteiger partial charge in [0.15, 0.2) is 5.82 Å². The Bertz CT molecular complexity index is 1200. The van der Waals surface area contributed by atoms with Crippen molar-refractivity contribution >= 4 is 38.9 Å². The van der Waals surface area contributed by atoms with E-state index in [0.29, 0.717) is 10.2 Å². The predicted molar refractivity (Wildman–Crippen MR) is 103 cm³/mol. The first kappa shape index (κ1) is 17.1. The van der Waals surface area contributed by atoms with Crippen molar-refractivity contribution in [2.45, 2.75) is 25.7 Å². The van der Waals surface area contributed by atoms with Crippen molar-refractivity contribution in [2.75, 3.05) is 0 Å². The van der Waals surface area contributed by atoms with E-state index in [1.165, 1.54) is 28.4 Å². The number of thiophene rings is 1. The molecule has 27 heavy (non-hydrogen) atoms. The zero-order valence-corrected chi connectivity index (χ0v) is 15.0. The average Bonchev–Trinajstić information content (AvgIpc) is 3.05. The van der Waals surface area contributed by atoms with Crippen molar-refractivity contribution in [3.63, 3.8) is 0 Å². The van der Waals surface area contributed by atoms with Gasteiger partial charge in [-0.25, -0.2) is 4.98 Å². The van der Waals surface area contributed by atoms with Crippen molar-refractivity contribution in [1.29, 1.82) is 5.26 Å². The van der Waals surface area contributed by atoms with E-state index >= 15 is 0 Å². The molecule has 0 radical (unpaired) electrons. The second kappa shape index (κ2) is 6.78. The van der Waals surface area contributed by atoms with Gasteiger partial charge in [0.1, 0.15) is 10.9 Å². The standard InChI is InChI=1S/C19H14N4O3S/c20-10-12(9-11-5-1-3-7-14(11)23(25)26)17-21-18(24)16-13-6-2-4-8-15(13)27-19(16)22-17/h1,3,5,7,9H,2,4,6,8H2,(H,21,22,24)/b12-9+. The number of nitriles is 1. The summed E-state index contributed by atoms with van der Waals surface area (Å²) in [5, 5.41) is 21.4. The number of nitrogens with zero attached hydrogens (tertiary/aromatic N) is 3. The minimum atomic E-state index is -0.506. The van der Waals surface area contributed by atoms with Crippen LogP contribution in [0.5, 0.6) is 0 Å². The first-order valence-electron chi connectivity index (χ1n) is 8.48. The van der Waals surface area contributed by atoms with Gasteiger partial charge in [-0.1, -0.05) is 12.1 Å². The SMILES string of the molecule is N#C/C(=C\c1ccccc1[N+](=O)[O-])c1nc2sc3c(c2c(=O)[nH]1)CCCC3. The van der Waals surface area contributed by atoms with Crippen LogP contribution in [0, 0.1) is 21.4 Å². The first-order chi connectivity index (χ1) is 13.1. The topological polar surface area (TPSA) is 113 Å². The number of para-hydroxylation sites is 1. The van der Waals surface area contributed by atoms with E-state index in [-0.39, 0.29) is 28.2 Å². The first-order valence-corrected chi connectivity index (χ1v) is 9.30. The molecule has 1 aromatic carbocycles. The van der Waals surface area contributed by atoms with Gasteiger partial charge in [-0.3, -0.25) is 14.9 Å². The van der Waals surface area contributed by atoms with Gasteiger partial charge >= 0.3 is 0 Å². The zero-order valence-electron chi connectivity index (χ0n) is 14.2. The Labute approximate surface area is 157 Å². The summed E-state index contributed by atoms with van der Waals surface area (Å²) >= 11 is 1.49. The summed E-state index contributed by atoms with van der Waals surface area (Å²) in [6, 6.07) is 8.13. The molecule has 0 spiro atoms. The number of allylic oxidation sites excluding steroid dienone is 1. The number of rotatable bonds is 3. The van der Waals surface area contributed by atoms with Crippen LogP contribution in [0.15, 0.2) is 29.1 Å². The van der Waals surface area contributed by atoms with E-state index < -0.39 is 4.92 Å². The molecule has 134 valence electrons. The number of nitro benzene ring substituents is 1. The second-order valence-electron chi connectivity index (χ2n) is 6.29. The Balaban J connectivity index is 1.87. The Kier molecular flexibility index (Phi) is 4.30. The number of nitro groups is 1. The number of aryl methyl sites for hydroxylation is 2. The van der Waals surface area contributed by atoms with E-state index in [1.54, 1.807) is 18.2 Å². The van der Waals surface area contributed by atoms with Gasteiger partial charge in [0.2, 0.25) is 0 Å². The fourth-order valence-electron chi connectivity index (χ4n) is 3.38. The van der Waals surface area contributed by atoms with Gasteiger partial charge in [0, 0.05) is 10.9 Å². The smallest absolute Gasteiger partial charge is 0.276 e. The van der Waals surface area contributed by atoms with Crippen LogP contribution in [0.4, 0.5) is 5.69 Å². The Morgan fingerprint density at radius 1 is 1.33 bits per heavy atom. The molecule has 1 aliphatic rings. The molecular weight excluding hydrogens is 364 g/mol. The third-order valence-corrected chi connectivity index (χ3v) is 5.82. The van der Waals surface area contributed by atoms with Crippen molar-refractivity contribution < 1.29 is 4.92 Å². The number of aromatic nitrogens is 2. The molecule has 8 heteroatoms. The second-order valence-corrected chi connectivity index (χ2v) is 7.37. The van der Waals surface area contributed by atoms with Gasteiger partial charge in [-0.15, -0.1) is 11.3 Å². The molecule has 7 nitrogen and oxygen atoms in total. The molecule has 0 amide bonds. The van der Waals surface area contributed by atoms with Crippen LogP contribution >= 0.6 is 11.3 Å². The number of nitrogens with one attached hydrogen (secondary N) is 1. The van der Waals surface area contributed by atoms with Crippen molar-refractivity contribution in [2.24, 2.45) is 0 Å². The molecule has 4 rings (SSSR count). The highest BCUT2D eigenvalue weighted by molar-refractivity contribution is 7.18. The Hall–Kier alpha value is -3.31. The lowest BCUT2D eigenvalue weighted by atomic mass is 9.97. The summed E-state index contributed by atoms with van der Waals surface area (Å²) in [5.74, 6) is 0.131. The Morgan fingerprint density at radius 2 is 2.11 bits per heavy atom. The molecule has 0 unspecified atom stereocenters. The lowest BCUT2D eigenvalue weighted by Crippen LogP contribution is -2.12. The molecule has 1 N–H and O–H groups in total. The fraction of sp³-hybridized carbons (Fsp3) is 0.211. The quantitative estimate of drug-likeness (QED) is 0.423. The van der Waals surface area contributed by atoms with Crippen LogP contribution in [0.3, 0.4) is 0 Å². The van der Waals surface area contributed by atoms with Crippen molar-refractivity contribution in [1.82, 2.24) is 9.97 Å². The number of hydrogen-bond acceptors (Lipinski definition) is 6. The number of aromatic amines is 1. The summed E-state index contributed by atoms with van der Waals surface area (Å²) in [5.41, 5.74) is 1.06. The summed E-state index contributed by atoms with van der Waals surface area (Å²) in [4.78, 5) is 32.3. The summed E-state index contributed by atoms with van der Waals surface area (Å²) in [7, 11) is 0. The molecule has 0 saturated heterocycles. The maximum atomic E-state index is 12.6. The summed E-state index contributed by atoms with van der Waals surface area (Å²) in [6.45, 7) is 0.